The van der Waals surface area contributed by atoms with Crippen LogP contribution in [0.25, 0.3) is 0 Å². The van der Waals surface area contributed by atoms with Crippen LogP contribution in [0.4, 0.5) is 5.69 Å². The fourth-order valence-electron chi connectivity index (χ4n) is 2.87. The number of amides is 1. The number of carbonyl (C=O) groups excluding carboxylic acids is 2. The minimum Gasteiger partial charge on any atom is -0.550 e. The molecular weight excluding hydrogens is 290 g/mol. The second-order valence-corrected chi connectivity index (χ2v) is 5.86. The number of rotatable bonds is 4. The number of ether oxygens (including phenoxy) is 1. The lowest BCUT2D eigenvalue weighted by Crippen LogP contribution is -2.45. The van der Waals surface area contributed by atoms with Gasteiger partial charge in [-0.3, -0.25) is 4.79 Å². The van der Waals surface area contributed by atoms with Gasteiger partial charge in [0, 0.05) is 16.8 Å². The molecule has 1 amide bonds. The average molecular weight is 304 g/mol. The predicted molar refractivity (Wildman–Crippen MR) is 76.6 cm³/mol. The Hall–Kier alpha value is -1.79. The van der Waals surface area contributed by atoms with E-state index in [9.17, 15) is 14.7 Å². The Balaban J connectivity index is 1.82. The Bertz CT molecular complexity index is 615. The van der Waals surface area contributed by atoms with Crippen molar-refractivity contribution in [2.24, 2.45) is 11.8 Å². The summed E-state index contributed by atoms with van der Waals surface area (Å²) in [6, 6.07) is 7.40. The molecule has 4 unspecified atom stereocenters. The van der Waals surface area contributed by atoms with E-state index in [2.05, 4.69) is 5.32 Å². The first kappa shape index (κ1) is 14.2. The third-order valence-electron chi connectivity index (χ3n) is 3.84. The molecule has 1 aromatic carbocycles. The first-order valence-corrected chi connectivity index (χ1v) is 7.83. The van der Waals surface area contributed by atoms with Crippen molar-refractivity contribution in [3.8, 4) is 0 Å². The second-order valence-electron chi connectivity index (χ2n) is 5.01. The van der Waals surface area contributed by atoms with Crippen LogP contribution in [0.2, 0.25) is 0 Å². The fraction of sp³-hybridized carbons (Fsp3) is 0.333. The number of fused-ring (bicyclic) bond motifs is 2. The lowest BCUT2D eigenvalue weighted by Gasteiger charge is -2.25. The highest BCUT2D eigenvalue weighted by Crippen LogP contribution is 2.39. The maximum atomic E-state index is 12.5. The monoisotopic (exact) mass is 304 g/mol. The molecular formula is C15H14NO4S-. The summed E-state index contributed by atoms with van der Waals surface area (Å²) in [6.45, 7) is 0. The van der Waals surface area contributed by atoms with Crippen molar-refractivity contribution in [2.75, 3.05) is 11.6 Å². The highest BCUT2D eigenvalue weighted by atomic mass is 32.2. The largest absolute Gasteiger partial charge is 0.550 e. The fourth-order valence-corrected chi connectivity index (χ4v) is 3.42. The van der Waals surface area contributed by atoms with Crippen molar-refractivity contribution in [1.29, 1.82) is 0 Å². The van der Waals surface area contributed by atoms with E-state index in [-0.39, 0.29) is 5.91 Å². The molecule has 3 rings (SSSR count). The molecule has 21 heavy (non-hydrogen) atoms. The molecule has 2 heterocycles. The number of nitrogens with one attached hydrogen (secondary N) is 1. The van der Waals surface area contributed by atoms with E-state index in [1.165, 1.54) is 11.8 Å². The number of benzene rings is 1. The first-order valence-electron chi connectivity index (χ1n) is 6.60. The zero-order chi connectivity index (χ0) is 15.0. The Morgan fingerprint density at radius 3 is 2.52 bits per heavy atom. The molecule has 110 valence electrons. The highest BCUT2D eigenvalue weighted by molar-refractivity contribution is 7.98. The topological polar surface area (TPSA) is 78.5 Å². The van der Waals surface area contributed by atoms with Crippen LogP contribution in [-0.4, -0.2) is 30.3 Å². The van der Waals surface area contributed by atoms with Crippen LogP contribution < -0.4 is 10.4 Å². The second kappa shape index (κ2) is 5.54. The minimum atomic E-state index is -1.25. The van der Waals surface area contributed by atoms with Crippen LogP contribution in [0.1, 0.15) is 0 Å². The SMILES string of the molecule is CSc1ccccc1NC(=O)C1C2C=CC(O2)C1C(=O)[O-]. The van der Waals surface area contributed by atoms with E-state index >= 15 is 0 Å². The molecule has 0 radical (unpaired) electrons. The molecule has 1 saturated heterocycles. The van der Waals surface area contributed by atoms with Crippen molar-refractivity contribution < 1.29 is 19.4 Å². The molecule has 0 spiro atoms. The van der Waals surface area contributed by atoms with Gasteiger partial charge in [-0.2, -0.15) is 0 Å². The molecule has 1 fully saturated rings. The van der Waals surface area contributed by atoms with E-state index in [4.69, 9.17) is 4.74 Å². The van der Waals surface area contributed by atoms with Gasteiger partial charge >= 0.3 is 0 Å². The van der Waals surface area contributed by atoms with Crippen molar-refractivity contribution in [3.05, 3.63) is 36.4 Å². The van der Waals surface area contributed by atoms with Crippen LogP contribution in [-0.2, 0) is 14.3 Å². The van der Waals surface area contributed by atoms with E-state index in [1.807, 2.05) is 24.5 Å². The first-order chi connectivity index (χ1) is 10.1. The summed E-state index contributed by atoms with van der Waals surface area (Å²) in [7, 11) is 0. The summed E-state index contributed by atoms with van der Waals surface area (Å²) in [5.74, 6) is -3.27. The van der Waals surface area contributed by atoms with Gasteiger partial charge in [-0.25, -0.2) is 0 Å². The van der Waals surface area contributed by atoms with E-state index in [0.717, 1.165) is 4.90 Å². The summed E-state index contributed by atoms with van der Waals surface area (Å²) in [4.78, 5) is 24.7. The molecule has 0 saturated carbocycles. The molecule has 4 atom stereocenters. The number of anilines is 1. The van der Waals surface area contributed by atoms with Crippen LogP contribution in [0.15, 0.2) is 41.3 Å². The van der Waals surface area contributed by atoms with Gasteiger partial charge in [0.2, 0.25) is 5.91 Å². The van der Waals surface area contributed by atoms with Gasteiger partial charge in [0.15, 0.2) is 0 Å². The zero-order valence-electron chi connectivity index (χ0n) is 11.3. The van der Waals surface area contributed by atoms with Crippen LogP contribution >= 0.6 is 11.8 Å². The summed E-state index contributed by atoms with van der Waals surface area (Å²) in [5, 5.41) is 14.1. The zero-order valence-corrected chi connectivity index (χ0v) is 12.1. The number of carboxylic acid groups (broad SMARTS) is 1. The lowest BCUT2D eigenvalue weighted by atomic mass is 9.82. The van der Waals surface area contributed by atoms with E-state index < -0.39 is 30.0 Å². The summed E-state index contributed by atoms with van der Waals surface area (Å²) < 4.78 is 5.48. The van der Waals surface area contributed by atoms with Gasteiger partial charge < -0.3 is 20.0 Å². The molecule has 0 aromatic heterocycles. The van der Waals surface area contributed by atoms with Gasteiger partial charge in [-0.15, -0.1) is 11.8 Å². The van der Waals surface area contributed by atoms with Gasteiger partial charge in [0.05, 0.1) is 23.8 Å². The lowest BCUT2D eigenvalue weighted by molar-refractivity contribution is -0.313. The standard InChI is InChI=1S/C15H15NO4S/c1-21-11-5-3-2-4-8(11)16-14(17)12-9-6-7-10(20-9)13(12)15(18)19/h2-7,9-10,12-13H,1H3,(H,16,17)(H,18,19)/p-1. The molecule has 1 aromatic rings. The Labute approximate surface area is 126 Å². The third-order valence-corrected chi connectivity index (χ3v) is 4.64. The molecule has 2 aliphatic rings. The Morgan fingerprint density at radius 2 is 1.86 bits per heavy atom. The summed E-state index contributed by atoms with van der Waals surface area (Å²) in [5.41, 5.74) is 0.679. The number of hydrogen-bond donors (Lipinski definition) is 1. The van der Waals surface area contributed by atoms with Gasteiger partial charge in [-0.1, -0.05) is 24.3 Å². The normalized spacial score (nSPS) is 29.6. The number of aliphatic carboxylic acids is 1. The van der Waals surface area contributed by atoms with Crippen molar-refractivity contribution in [1.82, 2.24) is 0 Å². The van der Waals surface area contributed by atoms with Crippen molar-refractivity contribution in [3.63, 3.8) is 0 Å². The van der Waals surface area contributed by atoms with Crippen LogP contribution in [0.3, 0.4) is 0 Å². The number of carboxylic acids is 1. The summed E-state index contributed by atoms with van der Waals surface area (Å²) >= 11 is 1.51. The van der Waals surface area contributed by atoms with Crippen LogP contribution in [0.5, 0.6) is 0 Å². The molecule has 2 bridgehead atoms. The highest BCUT2D eigenvalue weighted by Gasteiger charge is 2.50. The number of carbonyl (C=O) groups is 2. The average Bonchev–Trinajstić information content (AvgIpc) is 3.08. The molecule has 1 N–H and O–H groups in total. The van der Waals surface area contributed by atoms with Gasteiger partial charge in [0.25, 0.3) is 0 Å². The number of para-hydroxylation sites is 1. The third kappa shape index (κ3) is 2.45. The quantitative estimate of drug-likeness (QED) is 0.653. The molecule has 2 aliphatic heterocycles. The predicted octanol–water partition coefficient (Wildman–Crippen LogP) is 0.666. The minimum absolute atomic E-state index is 0.345. The van der Waals surface area contributed by atoms with Gasteiger partial charge in [0.1, 0.15) is 0 Å². The molecule has 5 nitrogen and oxygen atoms in total. The number of hydrogen-bond acceptors (Lipinski definition) is 5. The smallest absolute Gasteiger partial charge is 0.231 e. The Morgan fingerprint density at radius 1 is 1.19 bits per heavy atom. The van der Waals surface area contributed by atoms with Crippen LogP contribution in [0, 0.1) is 11.8 Å². The van der Waals surface area contributed by atoms with E-state index in [0.29, 0.717) is 5.69 Å². The van der Waals surface area contributed by atoms with Crippen molar-refractivity contribution in [2.45, 2.75) is 17.1 Å². The molecule has 0 aliphatic carbocycles. The Kier molecular flexibility index (Phi) is 3.73. The maximum absolute atomic E-state index is 12.5. The molecule has 6 heteroatoms. The van der Waals surface area contributed by atoms with Gasteiger partial charge in [-0.05, 0) is 18.4 Å². The number of thioether (sulfide) groups is 1. The van der Waals surface area contributed by atoms with Crippen molar-refractivity contribution >= 4 is 29.3 Å². The summed E-state index contributed by atoms with van der Waals surface area (Å²) in [6.07, 6.45) is 4.30. The maximum Gasteiger partial charge on any atom is 0.231 e. The van der Waals surface area contributed by atoms with E-state index in [1.54, 1.807) is 18.2 Å².